The average molecular weight is 384 g/mol. The van der Waals surface area contributed by atoms with Gasteiger partial charge in [0.05, 0.1) is 29.6 Å². The van der Waals surface area contributed by atoms with E-state index in [1.807, 2.05) is 13.8 Å². The third-order valence-electron chi connectivity index (χ3n) is 5.03. The third kappa shape index (κ3) is 3.07. The first kappa shape index (κ1) is 18.6. The lowest BCUT2D eigenvalue weighted by atomic mass is 9.88. The number of carbonyl (C=O) groups is 1. The predicted molar refractivity (Wildman–Crippen MR) is 104 cm³/mol. The quantitative estimate of drug-likeness (QED) is 0.737. The molecule has 0 saturated carbocycles. The second kappa shape index (κ2) is 6.41. The Hall–Kier alpha value is -2.74. The van der Waals surface area contributed by atoms with Crippen LogP contribution in [0.1, 0.15) is 44.5 Å². The highest BCUT2D eigenvalue weighted by molar-refractivity contribution is 6.03. The van der Waals surface area contributed by atoms with Crippen molar-refractivity contribution >= 4 is 28.1 Å². The van der Waals surface area contributed by atoms with Crippen LogP contribution in [0, 0.1) is 5.92 Å². The Morgan fingerprint density at radius 2 is 2.11 bits per heavy atom. The van der Waals surface area contributed by atoms with Crippen molar-refractivity contribution in [3.63, 3.8) is 0 Å². The first-order chi connectivity index (χ1) is 13.2. The van der Waals surface area contributed by atoms with Crippen molar-refractivity contribution in [1.29, 1.82) is 0 Å². The van der Waals surface area contributed by atoms with Gasteiger partial charge in [0.1, 0.15) is 12.1 Å². The lowest BCUT2D eigenvalue weighted by Crippen LogP contribution is -2.33. The van der Waals surface area contributed by atoms with Crippen LogP contribution in [0.4, 0.5) is 0 Å². The number of carbonyl (C=O) groups excluding carboxylic acids is 1. The maximum absolute atomic E-state index is 12.8. The van der Waals surface area contributed by atoms with E-state index in [1.54, 1.807) is 0 Å². The van der Waals surface area contributed by atoms with Gasteiger partial charge in [-0.25, -0.2) is 9.97 Å². The SMILES string of the molecule is CC(C)Cc1nc2oc3c(=O)n(CC(N)=O)cnc3c2c2c1COC(C)(C)C2. The van der Waals surface area contributed by atoms with Crippen molar-refractivity contribution in [1.82, 2.24) is 14.5 Å². The molecule has 0 atom stereocenters. The van der Waals surface area contributed by atoms with Gasteiger partial charge in [-0.2, -0.15) is 0 Å². The molecule has 1 aliphatic heterocycles. The predicted octanol–water partition coefficient (Wildman–Crippen LogP) is 2.07. The molecule has 3 aromatic rings. The molecule has 4 rings (SSSR count). The highest BCUT2D eigenvalue weighted by Crippen LogP contribution is 2.38. The average Bonchev–Trinajstić information content (AvgIpc) is 2.95. The molecule has 0 bridgehead atoms. The zero-order valence-corrected chi connectivity index (χ0v) is 16.5. The summed E-state index contributed by atoms with van der Waals surface area (Å²) in [5.74, 6) is -0.202. The first-order valence-electron chi connectivity index (χ1n) is 9.41. The molecule has 0 radical (unpaired) electrons. The van der Waals surface area contributed by atoms with Gasteiger partial charge < -0.3 is 14.9 Å². The fraction of sp³-hybridized carbons (Fsp3) is 0.500. The molecule has 0 saturated heterocycles. The summed E-state index contributed by atoms with van der Waals surface area (Å²) in [4.78, 5) is 33.1. The van der Waals surface area contributed by atoms with Crippen LogP contribution in [-0.4, -0.2) is 26.0 Å². The normalized spacial score (nSPS) is 16.0. The minimum absolute atomic E-state index is 0.0967. The molecule has 0 aliphatic carbocycles. The number of pyridine rings is 1. The number of hydrogen-bond acceptors (Lipinski definition) is 6. The molecule has 8 nitrogen and oxygen atoms in total. The zero-order valence-electron chi connectivity index (χ0n) is 16.5. The van der Waals surface area contributed by atoms with Gasteiger partial charge in [-0.3, -0.25) is 14.2 Å². The van der Waals surface area contributed by atoms with Crippen molar-refractivity contribution < 1.29 is 13.9 Å². The van der Waals surface area contributed by atoms with Gasteiger partial charge in [0, 0.05) is 12.0 Å². The van der Waals surface area contributed by atoms with Crippen molar-refractivity contribution in [2.75, 3.05) is 0 Å². The Morgan fingerprint density at radius 3 is 2.79 bits per heavy atom. The minimum Gasteiger partial charge on any atom is -0.430 e. The van der Waals surface area contributed by atoms with Crippen LogP contribution in [0.15, 0.2) is 15.5 Å². The molecule has 2 N–H and O–H groups in total. The van der Waals surface area contributed by atoms with E-state index in [0.717, 1.165) is 33.2 Å². The smallest absolute Gasteiger partial charge is 0.297 e. The maximum atomic E-state index is 12.8. The monoisotopic (exact) mass is 384 g/mol. The third-order valence-corrected chi connectivity index (χ3v) is 5.03. The number of hydrogen-bond donors (Lipinski definition) is 1. The van der Waals surface area contributed by atoms with Gasteiger partial charge >= 0.3 is 0 Å². The van der Waals surface area contributed by atoms with Gasteiger partial charge in [0.2, 0.25) is 17.2 Å². The summed E-state index contributed by atoms with van der Waals surface area (Å²) in [6, 6.07) is 0. The first-order valence-corrected chi connectivity index (χ1v) is 9.41. The second-order valence-electron chi connectivity index (χ2n) is 8.44. The van der Waals surface area contributed by atoms with Crippen LogP contribution >= 0.6 is 0 Å². The Balaban J connectivity index is 2.03. The molecular weight excluding hydrogens is 360 g/mol. The van der Waals surface area contributed by atoms with E-state index >= 15 is 0 Å². The number of fused-ring (bicyclic) bond motifs is 5. The summed E-state index contributed by atoms with van der Waals surface area (Å²) in [5.41, 5.74) is 8.49. The number of furan rings is 1. The summed E-state index contributed by atoms with van der Waals surface area (Å²) in [6.07, 6.45) is 2.80. The van der Waals surface area contributed by atoms with E-state index in [0.29, 0.717) is 30.2 Å². The molecule has 0 aromatic carbocycles. The number of aromatic nitrogens is 3. The van der Waals surface area contributed by atoms with E-state index in [1.165, 1.54) is 6.33 Å². The second-order valence-corrected chi connectivity index (χ2v) is 8.44. The van der Waals surface area contributed by atoms with E-state index in [-0.39, 0.29) is 17.7 Å². The van der Waals surface area contributed by atoms with Crippen LogP contribution in [-0.2, 0) is 35.5 Å². The van der Waals surface area contributed by atoms with E-state index in [9.17, 15) is 9.59 Å². The van der Waals surface area contributed by atoms with Crippen molar-refractivity contribution in [2.45, 2.75) is 59.3 Å². The number of nitrogens with zero attached hydrogens (tertiary/aromatic N) is 3. The number of nitrogens with two attached hydrogens (primary N) is 1. The molecule has 1 aliphatic rings. The Kier molecular flexibility index (Phi) is 4.26. The van der Waals surface area contributed by atoms with Crippen LogP contribution in [0.3, 0.4) is 0 Å². The molecule has 0 fully saturated rings. The topological polar surface area (TPSA) is 113 Å². The number of amides is 1. The largest absolute Gasteiger partial charge is 0.430 e. The molecule has 8 heteroatoms. The summed E-state index contributed by atoms with van der Waals surface area (Å²) in [6.45, 7) is 8.57. The fourth-order valence-electron chi connectivity index (χ4n) is 3.80. The molecule has 0 unspecified atom stereocenters. The van der Waals surface area contributed by atoms with E-state index < -0.39 is 11.5 Å². The number of ether oxygens (including phenoxy) is 1. The van der Waals surface area contributed by atoms with Gasteiger partial charge in [0.15, 0.2) is 0 Å². The van der Waals surface area contributed by atoms with Crippen molar-refractivity contribution in [2.24, 2.45) is 11.7 Å². The lowest BCUT2D eigenvalue weighted by molar-refractivity contribution is -0.118. The van der Waals surface area contributed by atoms with E-state index in [4.69, 9.17) is 19.9 Å². The molecular formula is C20H24N4O4. The molecule has 3 aromatic heterocycles. The summed E-state index contributed by atoms with van der Waals surface area (Å²) >= 11 is 0. The minimum atomic E-state index is -0.618. The van der Waals surface area contributed by atoms with Crippen molar-refractivity contribution in [3.05, 3.63) is 33.5 Å². The highest BCUT2D eigenvalue weighted by atomic mass is 16.5. The Morgan fingerprint density at radius 1 is 1.36 bits per heavy atom. The van der Waals surface area contributed by atoms with Crippen LogP contribution < -0.4 is 11.3 Å². The highest BCUT2D eigenvalue weighted by Gasteiger charge is 2.32. The van der Waals surface area contributed by atoms with Gasteiger partial charge in [0.25, 0.3) is 5.56 Å². The maximum Gasteiger partial charge on any atom is 0.297 e. The standard InChI is InChI=1S/C20H24N4O4/c1-10(2)5-13-12-8-27-20(3,4)6-11(12)15-16-17(28-18(15)23-13)19(26)24(9-22-16)7-14(21)25/h9-10H,5-8H2,1-4H3,(H2,21,25). The number of rotatable bonds is 4. The van der Waals surface area contributed by atoms with Gasteiger partial charge in [-0.05, 0) is 31.7 Å². The molecule has 28 heavy (non-hydrogen) atoms. The molecule has 4 heterocycles. The lowest BCUT2D eigenvalue weighted by Gasteiger charge is -2.33. The van der Waals surface area contributed by atoms with Crippen molar-refractivity contribution in [3.8, 4) is 0 Å². The zero-order chi connectivity index (χ0) is 20.2. The fourth-order valence-corrected chi connectivity index (χ4v) is 3.80. The van der Waals surface area contributed by atoms with Crippen LogP contribution in [0.2, 0.25) is 0 Å². The van der Waals surface area contributed by atoms with Gasteiger partial charge in [-0.1, -0.05) is 13.8 Å². The Bertz CT molecular complexity index is 1160. The summed E-state index contributed by atoms with van der Waals surface area (Å²) in [5, 5.41) is 0.761. The van der Waals surface area contributed by atoms with Crippen LogP contribution in [0.5, 0.6) is 0 Å². The molecule has 148 valence electrons. The number of primary amides is 1. The molecule has 1 amide bonds. The molecule has 0 spiro atoms. The Labute approximate surface area is 161 Å². The summed E-state index contributed by atoms with van der Waals surface area (Å²) in [7, 11) is 0. The summed E-state index contributed by atoms with van der Waals surface area (Å²) < 4.78 is 13.0. The van der Waals surface area contributed by atoms with Crippen LogP contribution in [0.25, 0.3) is 22.2 Å². The van der Waals surface area contributed by atoms with Gasteiger partial charge in [-0.15, -0.1) is 0 Å². The van der Waals surface area contributed by atoms with E-state index in [2.05, 4.69) is 18.8 Å².